The van der Waals surface area contributed by atoms with Crippen molar-refractivity contribution in [2.45, 2.75) is 13.2 Å². The zero-order valence-electron chi connectivity index (χ0n) is 20.0. The second-order valence-electron chi connectivity index (χ2n) is 8.16. The monoisotopic (exact) mass is 606 g/mol. The van der Waals surface area contributed by atoms with E-state index in [2.05, 4.69) is 21.2 Å². The fourth-order valence-electron chi connectivity index (χ4n) is 3.44. The minimum atomic E-state index is -0.539. The van der Waals surface area contributed by atoms with Crippen molar-refractivity contribution in [1.29, 1.82) is 5.26 Å². The number of rotatable bonds is 9. The lowest BCUT2D eigenvalue weighted by molar-refractivity contribution is -0.112. The summed E-state index contributed by atoms with van der Waals surface area (Å²) in [7, 11) is 0. The van der Waals surface area contributed by atoms with E-state index >= 15 is 0 Å². The number of benzene rings is 4. The highest BCUT2D eigenvalue weighted by Crippen LogP contribution is 2.27. The van der Waals surface area contributed by atoms with E-state index in [4.69, 9.17) is 32.7 Å². The van der Waals surface area contributed by atoms with E-state index in [1.807, 2.05) is 54.6 Å². The van der Waals surface area contributed by atoms with Gasteiger partial charge in [-0.15, -0.1) is 0 Å². The maximum atomic E-state index is 12.9. The molecule has 0 saturated carbocycles. The molecule has 0 heterocycles. The van der Waals surface area contributed by atoms with Gasteiger partial charge in [0.1, 0.15) is 36.4 Å². The molecule has 0 fully saturated rings. The maximum Gasteiger partial charge on any atom is 0.266 e. The summed E-state index contributed by atoms with van der Waals surface area (Å²) in [6, 6.07) is 29.0. The molecule has 4 rings (SSSR count). The van der Waals surface area contributed by atoms with Crippen LogP contribution in [0.5, 0.6) is 11.5 Å². The Bertz CT molecular complexity index is 1500. The summed E-state index contributed by atoms with van der Waals surface area (Å²) in [5, 5.41) is 13.7. The van der Waals surface area contributed by atoms with Crippen molar-refractivity contribution in [2.75, 3.05) is 5.32 Å². The van der Waals surface area contributed by atoms with Gasteiger partial charge >= 0.3 is 0 Å². The molecule has 1 N–H and O–H groups in total. The average molecular weight is 608 g/mol. The molecule has 1 amide bonds. The van der Waals surface area contributed by atoms with Gasteiger partial charge in [0, 0.05) is 25.8 Å². The van der Waals surface area contributed by atoms with Gasteiger partial charge in [-0.05, 0) is 83.9 Å². The van der Waals surface area contributed by atoms with Crippen molar-refractivity contribution in [2.24, 2.45) is 0 Å². The highest BCUT2D eigenvalue weighted by atomic mass is 79.9. The van der Waals surface area contributed by atoms with Gasteiger partial charge in [-0.2, -0.15) is 5.26 Å². The molecule has 38 heavy (non-hydrogen) atoms. The number of halogens is 3. The lowest BCUT2D eigenvalue weighted by atomic mass is 10.1. The van der Waals surface area contributed by atoms with Crippen LogP contribution in [0.4, 0.5) is 5.69 Å². The van der Waals surface area contributed by atoms with Crippen LogP contribution in [0.3, 0.4) is 0 Å². The maximum absolute atomic E-state index is 12.9. The summed E-state index contributed by atoms with van der Waals surface area (Å²) in [5.74, 6) is 0.628. The molecule has 5 nitrogen and oxygen atoms in total. The third-order valence-corrected chi connectivity index (χ3v) is 6.33. The van der Waals surface area contributed by atoms with Gasteiger partial charge in [-0.3, -0.25) is 4.79 Å². The SMILES string of the molecule is N#C/C(=C\c1cc(Br)ccc1OCc1cccc(Cl)c1)C(=O)Nc1ccc(OCc2ccc(Cl)cc2)cc1. The smallest absolute Gasteiger partial charge is 0.266 e. The lowest BCUT2D eigenvalue weighted by Gasteiger charge is -2.11. The van der Waals surface area contributed by atoms with Gasteiger partial charge in [0.05, 0.1) is 0 Å². The second kappa shape index (κ2) is 13.2. The van der Waals surface area contributed by atoms with Crippen LogP contribution in [0.1, 0.15) is 16.7 Å². The van der Waals surface area contributed by atoms with Crippen LogP contribution in [0.25, 0.3) is 6.08 Å². The second-order valence-corrected chi connectivity index (χ2v) is 9.95. The van der Waals surface area contributed by atoms with Crippen molar-refractivity contribution >= 4 is 56.8 Å². The van der Waals surface area contributed by atoms with Gasteiger partial charge in [-0.25, -0.2) is 0 Å². The lowest BCUT2D eigenvalue weighted by Crippen LogP contribution is -2.13. The zero-order valence-corrected chi connectivity index (χ0v) is 23.1. The van der Waals surface area contributed by atoms with Gasteiger partial charge in [0.15, 0.2) is 0 Å². The van der Waals surface area contributed by atoms with Gasteiger partial charge in [0.25, 0.3) is 5.91 Å². The molecule has 0 spiro atoms. The molecular formula is C30H21BrCl2N2O3. The van der Waals surface area contributed by atoms with E-state index in [9.17, 15) is 10.1 Å². The molecule has 0 aliphatic carbocycles. The molecule has 8 heteroatoms. The molecule has 0 bridgehead atoms. The Morgan fingerprint density at radius 2 is 1.61 bits per heavy atom. The largest absolute Gasteiger partial charge is 0.489 e. The number of anilines is 1. The number of nitrogens with zero attached hydrogens (tertiary/aromatic N) is 1. The van der Waals surface area contributed by atoms with E-state index in [-0.39, 0.29) is 12.2 Å². The van der Waals surface area contributed by atoms with Crippen molar-refractivity contribution in [3.63, 3.8) is 0 Å². The van der Waals surface area contributed by atoms with Crippen molar-refractivity contribution in [3.8, 4) is 17.6 Å². The number of ether oxygens (including phenoxy) is 2. The molecule has 4 aromatic rings. The molecule has 0 atom stereocenters. The Labute approximate surface area is 239 Å². The third-order valence-electron chi connectivity index (χ3n) is 5.35. The molecule has 0 unspecified atom stereocenters. The Morgan fingerprint density at radius 1 is 0.868 bits per heavy atom. The van der Waals surface area contributed by atoms with Crippen LogP contribution in [0.2, 0.25) is 10.0 Å². The van der Waals surface area contributed by atoms with E-state index in [0.29, 0.717) is 39.4 Å². The molecule has 0 saturated heterocycles. The summed E-state index contributed by atoms with van der Waals surface area (Å²) in [6.07, 6.45) is 1.50. The summed E-state index contributed by atoms with van der Waals surface area (Å²) in [4.78, 5) is 12.9. The van der Waals surface area contributed by atoms with Crippen LogP contribution >= 0.6 is 39.1 Å². The highest BCUT2D eigenvalue weighted by Gasteiger charge is 2.12. The first-order valence-corrected chi connectivity index (χ1v) is 13.0. The minimum absolute atomic E-state index is 0.0706. The Morgan fingerprint density at radius 3 is 2.32 bits per heavy atom. The number of nitrogens with one attached hydrogen (secondary N) is 1. The van der Waals surface area contributed by atoms with Gasteiger partial charge in [0.2, 0.25) is 0 Å². The van der Waals surface area contributed by atoms with Gasteiger partial charge in [-0.1, -0.05) is 63.4 Å². The summed E-state index contributed by atoms with van der Waals surface area (Å²) < 4.78 is 12.5. The molecule has 4 aromatic carbocycles. The van der Waals surface area contributed by atoms with Crippen molar-refractivity contribution in [3.05, 3.63) is 128 Å². The summed E-state index contributed by atoms with van der Waals surface area (Å²) >= 11 is 15.4. The standard InChI is InChI=1S/C30H21BrCl2N2O3/c31-24-6-13-29(38-19-21-2-1-3-26(33)14-21)22(16-24)15-23(17-34)30(36)35-27-9-11-28(12-10-27)37-18-20-4-7-25(32)8-5-20/h1-16H,18-19H2,(H,35,36)/b23-15+. The van der Waals surface area contributed by atoms with Gasteiger partial charge < -0.3 is 14.8 Å². The van der Waals surface area contributed by atoms with Crippen LogP contribution in [0.15, 0.2) is 101 Å². The van der Waals surface area contributed by atoms with Crippen LogP contribution < -0.4 is 14.8 Å². The quantitative estimate of drug-likeness (QED) is 0.153. The predicted octanol–water partition coefficient (Wildman–Crippen LogP) is 8.46. The fraction of sp³-hybridized carbons (Fsp3) is 0.0667. The Balaban J connectivity index is 1.42. The first-order chi connectivity index (χ1) is 18.4. The van der Waals surface area contributed by atoms with Crippen molar-refractivity contribution < 1.29 is 14.3 Å². The Hall–Kier alpha value is -3.76. The van der Waals surface area contributed by atoms with Crippen LogP contribution in [-0.2, 0) is 18.0 Å². The minimum Gasteiger partial charge on any atom is -0.489 e. The number of hydrogen-bond donors (Lipinski definition) is 1. The molecule has 0 radical (unpaired) electrons. The summed E-state index contributed by atoms with van der Waals surface area (Å²) in [5.41, 5.74) is 2.92. The molecule has 0 aliphatic heterocycles. The first-order valence-electron chi connectivity index (χ1n) is 11.5. The predicted molar refractivity (Wildman–Crippen MR) is 154 cm³/mol. The number of hydrogen-bond acceptors (Lipinski definition) is 4. The highest BCUT2D eigenvalue weighted by molar-refractivity contribution is 9.10. The molecular weight excluding hydrogens is 587 g/mol. The number of nitriles is 1. The number of carbonyl (C=O) groups excluding carboxylic acids is 1. The molecule has 0 aliphatic rings. The van der Waals surface area contributed by atoms with Crippen LogP contribution in [-0.4, -0.2) is 5.91 Å². The fourth-order valence-corrected chi connectivity index (χ4v) is 4.15. The topological polar surface area (TPSA) is 71.3 Å². The molecule has 190 valence electrons. The third kappa shape index (κ3) is 7.87. The Kier molecular flexibility index (Phi) is 9.45. The number of amides is 1. The van der Waals surface area contributed by atoms with Crippen LogP contribution in [0, 0.1) is 11.3 Å². The summed E-state index contributed by atoms with van der Waals surface area (Å²) in [6.45, 7) is 0.669. The average Bonchev–Trinajstić information content (AvgIpc) is 2.91. The molecule has 0 aromatic heterocycles. The van der Waals surface area contributed by atoms with E-state index in [1.165, 1.54) is 6.08 Å². The number of carbonyl (C=O) groups is 1. The van der Waals surface area contributed by atoms with E-state index in [1.54, 1.807) is 42.5 Å². The zero-order chi connectivity index (χ0) is 26.9. The van der Waals surface area contributed by atoms with E-state index in [0.717, 1.165) is 15.6 Å². The van der Waals surface area contributed by atoms with E-state index < -0.39 is 5.91 Å². The normalized spacial score (nSPS) is 10.9. The first kappa shape index (κ1) is 27.3. The van der Waals surface area contributed by atoms with Crippen molar-refractivity contribution in [1.82, 2.24) is 0 Å².